The van der Waals surface area contributed by atoms with E-state index in [2.05, 4.69) is 5.32 Å². The lowest BCUT2D eigenvalue weighted by Crippen LogP contribution is -2.43. The highest BCUT2D eigenvalue weighted by molar-refractivity contribution is 7.99. The lowest BCUT2D eigenvalue weighted by molar-refractivity contribution is -0.139. The zero-order valence-corrected chi connectivity index (χ0v) is 13.7. The molecular weight excluding hydrogens is 294 g/mol. The van der Waals surface area contributed by atoms with Crippen LogP contribution in [0.25, 0.3) is 0 Å². The molecule has 0 spiro atoms. The highest BCUT2D eigenvalue weighted by atomic mass is 32.2. The number of ether oxygens (including phenoxy) is 2. The number of hydrogen-bond donors (Lipinski definition) is 2. The summed E-state index contributed by atoms with van der Waals surface area (Å²) in [6.07, 6.45) is 1.70. The minimum absolute atomic E-state index is 0.386. The van der Waals surface area contributed by atoms with Crippen LogP contribution in [0.2, 0.25) is 0 Å². The predicted octanol–water partition coefficient (Wildman–Crippen LogP) is 2.27. The Bertz CT molecular complexity index is 350. The number of carboxylic acids is 1. The van der Waals surface area contributed by atoms with Crippen LogP contribution in [0, 0.1) is 0 Å². The summed E-state index contributed by atoms with van der Waals surface area (Å²) in [6, 6.07) is -0.910. The SMILES string of the molecule is CC(C)(C)OC(=O)NC(CCSC1CCOCC1)C(=O)O. The van der Waals surface area contributed by atoms with Gasteiger partial charge in [0.05, 0.1) is 0 Å². The molecule has 1 unspecified atom stereocenters. The molecule has 21 heavy (non-hydrogen) atoms. The van der Waals surface area contributed by atoms with Gasteiger partial charge < -0.3 is 19.9 Å². The van der Waals surface area contributed by atoms with Crippen LogP contribution in [0.15, 0.2) is 0 Å². The number of carboxylic acid groups (broad SMARTS) is 1. The number of carbonyl (C=O) groups excluding carboxylic acids is 1. The molecule has 122 valence electrons. The van der Waals surface area contributed by atoms with Gasteiger partial charge in [-0.15, -0.1) is 0 Å². The molecule has 1 aliphatic rings. The fourth-order valence-electron chi connectivity index (χ4n) is 1.90. The van der Waals surface area contributed by atoms with Crippen molar-refractivity contribution in [1.82, 2.24) is 5.32 Å². The molecule has 6 nitrogen and oxygen atoms in total. The Morgan fingerprint density at radius 1 is 1.38 bits per heavy atom. The second-order valence-electron chi connectivity index (χ2n) is 6.01. The molecule has 1 saturated heterocycles. The van der Waals surface area contributed by atoms with Crippen LogP contribution < -0.4 is 5.32 Å². The summed E-state index contributed by atoms with van der Waals surface area (Å²) in [5, 5.41) is 12.1. The summed E-state index contributed by atoms with van der Waals surface area (Å²) in [5.74, 6) is -0.342. The molecule has 1 atom stereocenters. The first-order valence-corrected chi connectivity index (χ1v) is 8.24. The molecule has 2 N–H and O–H groups in total. The zero-order valence-electron chi connectivity index (χ0n) is 12.9. The third kappa shape index (κ3) is 8.16. The number of alkyl carbamates (subject to hydrolysis) is 1. The standard InChI is InChI=1S/C14H25NO5S/c1-14(2,3)20-13(18)15-11(12(16)17)6-9-21-10-4-7-19-8-5-10/h10-11H,4-9H2,1-3H3,(H,15,18)(H,16,17). The average Bonchev–Trinajstić information content (AvgIpc) is 2.36. The highest BCUT2D eigenvalue weighted by Crippen LogP contribution is 2.23. The van der Waals surface area contributed by atoms with Crippen LogP contribution in [-0.2, 0) is 14.3 Å². The smallest absolute Gasteiger partial charge is 0.408 e. The Balaban J connectivity index is 2.32. The highest BCUT2D eigenvalue weighted by Gasteiger charge is 2.24. The van der Waals surface area contributed by atoms with Crippen molar-refractivity contribution in [3.63, 3.8) is 0 Å². The third-order valence-electron chi connectivity index (χ3n) is 2.92. The number of rotatable bonds is 6. The minimum Gasteiger partial charge on any atom is -0.480 e. The molecule has 0 aromatic heterocycles. The van der Waals surface area contributed by atoms with Crippen LogP contribution in [-0.4, -0.2) is 53.0 Å². The Hall–Kier alpha value is -0.950. The van der Waals surface area contributed by atoms with Gasteiger partial charge in [-0.3, -0.25) is 0 Å². The topological polar surface area (TPSA) is 84.9 Å². The zero-order chi connectivity index (χ0) is 15.9. The summed E-state index contributed by atoms with van der Waals surface area (Å²) >= 11 is 1.75. The summed E-state index contributed by atoms with van der Waals surface area (Å²) in [5.41, 5.74) is -0.635. The van der Waals surface area contributed by atoms with E-state index in [0.717, 1.165) is 26.1 Å². The van der Waals surface area contributed by atoms with E-state index < -0.39 is 23.7 Å². The molecule has 0 saturated carbocycles. The van der Waals surface area contributed by atoms with Gasteiger partial charge in [0.15, 0.2) is 0 Å². The first-order valence-electron chi connectivity index (χ1n) is 7.19. The quantitative estimate of drug-likeness (QED) is 0.781. The normalized spacial score (nSPS) is 18.0. The number of hydrogen-bond acceptors (Lipinski definition) is 5. The van der Waals surface area contributed by atoms with Crippen molar-refractivity contribution in [2.24, 2.45) is 0 Å². The van der Waals surface area contributed by atoms with Crippen molar-refractivity contribution < 1.29 is 24.2 Å². The fourth-order valence-corrected chi connectivity index (χ4v) is 3.13. The van der Waals surface area contributed by atoms with Crippen molar-refractivity contribution >= 4 is 23.8 Å². The molecule has 1 rings (SSSR count). The summed E-state index contributed by atoms with van der Waals surface area (Å²) in [4.78, 5) is 22.8. The molecule has 0 aliphatic carbocycles. The van der Waals surface area contributed by atoms with Gasteiger partial charge in [-0.25, -0.2) is 9.59 Å². The van der Waals surface area contributed by atoms with Gasteiger partial charge in [-0.05, 0) is 45.8 Å². The lowest BCUT2D eigenvalue weighted by Gasteiger charge is -2.23. The van der Waals surface area contributed by atoms with E-state index in [0.29, 0.717) is 17.4 Å². The molecule has 7 heteroatoms. The van der Waals surface area contributed by atoms with Gasteiger partial charge in [0.2, 0.25) is 0 Å². The van der Waals surface area contributed by atoms with Crippen molar-refractivity contribution in [1.29, 1.82) is 0 Å². The van der Waals surface area contributed by atoms with E-state index in [9.17, 15) is 9.59 Å². The van der Waals surface area contributed by atoms with E-state index in [1.165, 1.54) is 0 Å². The minimum atomic E-state index is -1.03. The predicted molar refractivity (Wildman–Crippen MR) is 81.7 cm³/mol. The molecule has 1 fully saturated rings. The molecule has 1 heterocycles. The second kappa shape index (κ2) is 8.48. The molecule has 0 bridgehead atoms. The number of amides is 1. The Morgan fingerprint density at radius 2 is 2.00 bits per heavy atom. The van der Waals surface area contributed by atoms with Gasteiger partial charge in [-0.1, -0.05) is 0 Å². The van der Waals surface area contributed by atoms with E-state index in [-0.39, 0.29) is 0 Å². The maximum atomic E-state index is 11.6. The van der Waals surface area contributed by atoms with Crippen LogP contribution in [0.5, 0.6) is 0 Å². The second-order valence-corrected chi connectivity index (χ2v) is 7.42. The van der Waals surface area contributed by atoms with Crippen molar-refractivity contribution in [3.8, 4) is 0 Å². The van der Waals surface area contributed by atoms with Crippen molar-refractivity contribution in [2.45, 2.75) is 56.9 Å². The van der Waals surface area contributed by atoms with Crippen LogP contribution in [0.3, 0.4) is 0 Å². The van der Waals surface area contributed by atoms with E-state index in [4.69, 9.17) is 14.6 Å². The molecule has 0 aromatic carbocycles. The average molecular weight is 319 g/mol. The first kappa shape index (κ1) is 18.1. The van der Waals surface area contributed by atoms with Crippen LogP contribution in [0.1, 0.15) is 40.0 Å². The van der Waals surface area contributed by atoms with E-state index in [1.54, 1.807) is 32.5 Å². The Kier molecular flexibility index (Phi) is 7.31. The largest absolute Gasteiger partial charge is 0.480 e. The number of aliphatic carboxylic acids is 1. The third-order valence-corrected chi connectivity index (χ3v) is 4.33. The number of thioether (sulfide) groups is 1. The van der Waals surface area contributed by atoms with E-state index >= 15 is 0 Å². The van der Waals surface area contributed by atoms with Gasteiger partial charge in [-0.2, -0.15) is 11.8 Å². The first-order chi connectivity index (χ1) is 9.78. The van der Waals surface area contributed by atoms with Crippen LogP contribution in [0.4, 0.5) is 4.79 Å². The van der Waals surface area contributed by atoms with Crippen molar-refractivity contribution in [3.05, 3.63) is 0 Å². The Morgan fingerprint density at radius 3 is 2.52 bits per heavy atom. The number of carbonyl (C=O) groups is 2. The molecule has 1 aliphatic heterocycles. The lowest BCUT2D eigenvalue weighted by atomic mass is 10.2. The number of nitrogens with one attached hydrogen (secondary N) is 1. The Labute approximate surface area is 129 Å². The van der Waals surface area contributed by atoms with Gasteiger partial charge in [0.1, 0.15) is 11.6 Å². The molecule has 0 aromatic rings. The van der Waals surface area contributed by atoms with Crippen molar-refractivity contribution in [2.75, 3.05) is 19.0 Å². The van der Waals surface area contributed by atoms with Gasteiger partial charge in [0.25, 0.3) is 0 Å². The summed E-state index contributed by atoms with van der Waals surface area (Å²) in [6.45, 7) is 6.77. The maximum absolute atomic E-state index is 11.6. The maximum Gasteiger partial charge on any atom is 0.408 e. The van der Waals surface area contributed by atoms with E-state index in [1.807, 2.05) is 0 Å². The summed E-state index contributed by atoms with van der Waals surface area (Å²) < 4.78 is 10.4. The summed E-state index contributed by atoms with van der Waals surface area (Å²) in [7, 11) is 0. The fraction of sp³-hybridized carbons (Fsp3) is 0.857. The molecular formula is C14H25NO5S. The molecule has 1 amide bonds. The van der Waals surface area contributed by atoms with Gasteiger partial charge in [0, 0.05) is 18.5 Å². The van der Waals surface area contributed by atoms with Gasteiger partial charge >= 0.3 is 12.1 Å². The molecule has 0 radical (unpaired) electrons. The monoisotopic (exact) mass is 319 g/mol. The van der Waals surface area contributed by atoms with Crippen LogP contribution >= 0.6 is 11.8 Å².